The van der Waals surface area contributed by atoms with Crippen molar-refractivity contribution in [1.82, 2.24) is 4.98 Å². The number of ketones is 2. The normalized spacial score (nSPS) is 18.8. The second kappa shape index (κ2) is 11.9. The quantitative estimate of drug-likeness (QED) is 0.298. The largest absolute Gasteiger partial charge is 0.299 e. The van der Waals surface area contributed by atoms with Gasteiger partial charge in [-0.3, -0.25) is 14.6 Å². The molecule has 1 aromatic heterocycles. The van der Waals surface area contributed by atoms with Crippen LogP contribution < -0.4 is 0 Å². The minimum Gasteiger partial charge on any atom is -0.299 e. The van der Waals surface area contributed by atoms with Crippen LogP contribution in [0.4, 0.5) is 0 Å². The molecule has 3 heteroatoms. The fourth-order valence-electron chi connectivity index (χ4n) is 4.70. The van der Waals surface area contributed by atoms with E-state index < -0.39 is 0 Å². The number of carbonyl (C=O) groups excluding carboxylic acids is 2. The number of Topliss-reactive ketones (excluding diaryl/α,β-unsaturated/α-hetero) is 2. The van der Waals surface area contributed by atoms with Crippen LogP contribution in [0.3, 0.4) is 0 Å². The zero-order valence-electron chi connectivity index (χ0n) is 19.2. The van der Waals surface area contributed by atoms with E-state index >= 15 is 0 Å². The molecule has 3 nitrogen and oxygen atoms in total. The number of aromatic nitrogens is 1. The maximum Gasteiger partial charge on any atom is 0.147 e. The first-order valence-corrected chi connectivity index (χ1v) is 12.2. The van der Waals surface area contributed by atoms with Gasteiger partial charge in [-0.15, -0.1) is 0 Å². The lowest BCUT2D eigenvalue weighted by Crippen LogP contribution is -2.31. The zero-order valence-corrected chi connectivity index (χ0v) is 19.2. The van der Waals surface area contributed by atoms with Crippen molar-refractivity contribution < 1.29 is 9.59 Å². The average molecular weight is 420 g/mol. The van der Waals surface area contributed by atoms with Crippen LogP contribution in [0.5, 0.6) is 0 Å². The van der Waals surface area contributed by atoms with Crippen LogP contribution in [0.2, 0.25) is 0 Å². The van der Waals surface area contributed by atoms with Crippen LogP contribution in [0, 0.1) is 11.8 Å². The molecule has 0 spiro atoms. The lowest BCUT2D eigenvalue weighted by Gasteiger charge is -2.26. The molecule has 1 aromatic carbocycles. The Morgan fingerprint density at radius 3 is 2.35 bits per heavy atom. The van der Waals surface area contributed by atoms with Gasteiger partial charge in [0.15, 0.2) is 0 Å². The van der Waals surface area contributed by atoms with E-state index in [2.05, 4.69) is 31.0 Å². The molecule has 31 heavy (non-hydrogen) atoms. The van der Waals surface area contributed by atoms with Crippen molar-refractivity contribution in [3.63, 3.8) is 0 Å². The van der Waals surface area contributed by atoms with Crippen molar-refractivity contribution in [1.29, 1.82) is 0 Å². The number of hydrogen-bond donors (Lipinski definition) is 0. The van der Waals surface area contributed by atoms with Crippen molar-refractivity contribution in [2.45, 2.75) is 84.5 Å². The van der Waals surface area contributed by atoms with Gasteiger partial charge >= 0.3 is 0 Å². The van der Waals surface area contributed by atoms with E-state index in [4.69, 9.17) is 0 Å². The summed E-state index contributed by atoms with van der Waals surface area (Å²) in [6.45, 7) is 4.39. The number of pyridine rings is 1. The van der Waals surface area contributed by atoms with Crippen LogP contribution in [-0.2, 0) is 22.4 Å². The molecule has 1 aliphatic carbocycles. The van der Waals surface area contributed by atoms with Crippen molar-refractivity contribution in [3.05, 3.63) is 53.7 Å². The second-order valence-corrected chi connectivity index (χ2v) is 9.16. The van der Waals surface area contributed by atoms with Crippen LogP contribution in [0.15, 0.2) is 42.6 Å². The monoisotopic (exact) mass is 419 g/mol. The Bertz CT molecular complexity index is 838. The lowest BCUT2D eigenvalue weighted by molar-refractivity contribution is -0.135. The smallest absolute Gasteiger partial charge is 0.147 e. The molecule has 2 unspecified atom stereocenters. The number of hydrogen-bond acceptors (Lipinski definition) is 3. The minimum absolute atomic E-state index is 0.0817. The third kappa shape index (κ3) is 6.85. The molecule has 0 amide bonds. The van der Waals surface area contributed by atoms with Crippen LogP contribution in [0.1, 0.15) is 82.8 Å². The summed E-state index contributed by atoms with van der Waals surface area (Å²) in [5, 5.41) is 0. The van der Waals surface area contributed by atoms with E-state index in [0.717, 1.165) is 48.9 Å². The zero-order chi connectivity index (χ0) is 22.1. The Morgan fingerprint density at radius 1 is 0.935 bits per heavy atom. The number of benzene rings is 1. The first-order valence-electron chi connectivity index (χ1n) is 12.2. The topological polar surface area (TPSA) is 47.0 Å². The van der Waals surface area contributed by atoms with Gasteiger partial charge in [0.05, 0.1) is 11.6 Å². The summed E-state index contributed by atoms with van der Waals surface area (Å²) >= 11 is 0. The van der Waals surface area contributed by atoms with E-state index in [1.807, 2.05) is 30.5 Å². The number of nitrogens with zero attached hydrogens (tertiary/aromatic N) is 1. The molecule has 0 N–H and O–H groups in total. The van der Waals surface area contributed by atoms with Crippen molar-refractivity contribution >= 4 is 11.6 Å². The number of aryl methyl sites for hydroxylation is 1. The standard InChI is InChI=1S/C28H37NO2/c1-3-5-6-7-9-23-13-17-26(29-20-23)24-14-10-22(11-15-24)19-28(31)25-16-12-21(8-4-2)18-27(25)30/h10-11,13-15,17,20-21,25H,3-9,12,16,18-19H2,1-2H3. The van der Waals surface area contributed by atoms with E-state index in [0.29, 0.717) is 18.8 Å². The predicted molar refractivity (Wildman–Crippen MR) is 127 cm³/mol. The number of unbranched alkanes of at least 4 members (excludes halogenated alkanes) is 3. The van der Waals surface area contributed by atoms with Gasteiger partial charge in [-0.25, -0.2) is 0 Å². The Balaban J connectivity index is 1.53. The average Bonchev–Trinajstić information content (AvgIpc) is 2.78. The molecule has 2 atom stereocenters. The Hall–Kier alpha value is -2.29. The van der Waals surface area contributed by atoms with Crippen molar-refractivity contribution in [3.8, 4) is 11.3 Å². The number of carbonyl (C=O) groups is 2. The maximum atomic E-state index is 12.7. The van der Waals surface area contributed by atoms with Gasteiger partial charge in [-0.05, 0) is 48.8 Å². The van der Waals surface area contributed by atoms with Gasteiger partial charge in [-0.1, -0.05) is 76.3 Å². The van der Waals surface area contributed by atoms with E-state index in [1.54, 1.807) is 0 Å². The summed E-state index contributed by atoms with van der Waals surface area (Å²) in [6, 6.07) is 12.3. The second-order valence-electron chi connectivity index (χ2n) is 9.16. The third-order valence-electron chi connectivity index (χ3n) is 6.60. The van der Waals surface area contributed by atoms with E-state index in [-0.39, 0.29) is 17.5 Å². The highest BCUT2D eigenvalue weighted by molar-refractivity contribution is 6.03. The highest BCUT2D eigenvalue weighted by Gasteiger charge is 2.32. The summed E-state index contributed by atoms with van der Waals surface area (Å²) in [7, 11) is 0. The Labute approximate surface area is 187 Å². The molecule has 0 saturated heterocycles. The van der Waals surface area contributed by atoms with Gasteiger partial charge < -0.3 is 0 Å². The molecule has 2 aromatic rings. The molecule has 166 valence electrons. The summed E-state index contributed by atoms with van der Waals surface area (Å²) in [4.78, 5) is 29.8. The van der Waals surface area contributed by atoms with Crippen molar-refractivity contribution in [2.75, 3.05) is 0 Å². The van der Waals surface area contributed by atoms with Crippen LogP contribution in [0.25, 0.3) is 11.3 Å². The molecular weight excluding hydrogens is 382 g/mol. The highest BCUT2D eigenvalue weighted by Crippen LogP contribution is 2.30. The van der Waals surface area contributed by atoms with Gasteiger partial charge in [0.1, 0.15) is 11.6 Å². The van der Waals surface area contributed by atoms with Crippen molar-refractivity contribution in [2.24, 2.45) is 11.8 Å². The number of rotatable bonds is 11. The lowest BCUT2D eigenvalue weighted by atomic mass is 9.76. The molecule has 1 saturated carbocycles. The van der Waals surface area contributed by atoms with E-state index in [9.17, 15) is 9.59 Å². The summed E-state index contributed by atoms with van der Waals surface area (Å²) in [5.41, 5.74) is 4.29. The molecule has 1 aliphatic rings. The molecular formula is C28H37NO2. The molecule has 0 bridgehead atoms. The van der Waals surface area contributed by atoms with Crippen LogP contribution in [-0.4, -0.2) is 16.6 Å². The minimum atomic E-state index is -0.390. The third-order valence-corrected chi connectivity index (χ3v) is 6.60. The van der Waals surface area contributed by atoms with E-state index in [1.165, 1.54) is 31.2 Å². The van der Waals surface area contributed by atoms with Crippen LogP contribution >= 0.6 is 0 Å². The molecule has 1 heterocycles. The molecule has 1 fully saturated rings. The summed E-state index contributed by atoms with van der Waals surface area (Å²) < 4.78 is 0. The maximum absolute atomic E-state index is 12.7. The molecule has 3 rings (SSSR count). The summed E-state index contributed by atoms with van der Waals surface area (Å²) in [5.74, 6) is 0.332. The fraction of sp³-hybridized carbons (Fsp3) is 0.536. The SMILES string of the molecule is CCCCCCc1ccc(-c2ccc(CC(=O)C3CCC(CCC)CC3=O)cc2)nc1. The summed E-state index contributed by atoms with van der Waals surface area (Å²) in [6.07, 6.45) is 13.0. The molecule has 0 aliphatic heterocycles. The molecule has 0 radical (unpaired) electrons. The first kappa shape index (κ1) is 23.4. The van der Waals surface area contributed by atoms with Gasteiger partial charge in [0, 0.05) is 24.6 Å². The Morgan fingerprint density at radius 2 is 1.71 bits per heavy atom. The first-order chi connectivity index (χ1) is 15.1. The highest BCUT2D eigenvalue weighted by atomic mass is 16.1. The fourth-order valence-corrected chi connectivity index (χ4v) is 4.70. The van der Waals surface area contributed by atoms with Gasteiger partial charge in [0.25, 0.3) is 0 Å². The van der Waals surface area contributed by atoms with Gasteiger partial charge in [-0.2, -0.15) is 0 Å². The Kier molecular flexibility index (Phi) is 8.99. The predicted octanol–water partition coefficient (Wildman–Crippen LogP) is 6.77. The van der Waals surface area contributed by atoms with Gasteiger partial charge in [0.2, 0.25) is 0 Å².